The number of nitrogens with zero attached hydrogens (tertiary/aromatic N) is 1. The molecule has 28 heavy (non-hydrogen) atoms. The predicted molar refractivity (Wildman–Crippen MR) is 103 cm³/mol. The molecule has 146 valence electrons. The highest BCUT2D eigenvalue weighted by Crippen LogP contribution is 2.23. The van der Waals surface area contributed by atoms with Crippen molar-refractivity contribution in [3.63, 3.8) is 0 Å². The average molecular weight is 382 g/mol. The van der Waals surface area contributed by atoms with Gasteiger partial charge in [-0.1, -0.05) is 30.3 Å². The minimum Gasteiger partial charge on any atom is -0.444 e. The van der Waals surface area contributed by atoms with Gasteiger partial charge in [0.2, 0.25) is 12.0 Å². The van der Waals surface area contributed by atoms with E-state index in [0.717, 1.165) is 0 Å². The highest BCUT2D eigenvalue weighted by molar-refractivity contribution is 5.94. The molecule has 1 N–H and O–H groups in total. The second kappa shape index (κ2) is 9.14. The van der Waals surface area contributed by atoms with Crippen LogP contribution in [0.15, 0.2) is 54.6 Å². The van der Waals surface area contributed by atoms with Gasteiger partial charge in [-0.2, -0.15) is 0 Å². The summed E-state index contributed by atoms with van der Waals surface area (Å²) in [6.07, 6.45) is -1.03. The molecule has 0 bridgehead atoms. The minimum absolute atomic E-state index is 0.199. The number of esters is 1. The van der Waals surface area contributed by atoms with Crippen LogP contribution in [0.1, 0.15) is 28.9 Å². The second-order valence-electron chi connectivity index (χ2n) is 6.39. The first kappa shape index (κ1) is 19.6. The second-order valence-corrected chi connectivity index (χ2v) is 6.39. The molecule has 0 radical (unpaired) electrons. The summed E-state index contributed by atoms with van der Waals surface area (Å²) >= 11 is 0. The molecule has 3 rings (SSSR count). The highest BCUT2D eigenvalue weighted by Gasteiger charge is 2.30. The fourth-order valence-corrected chi connectivity index (χ4v) is 2.91. The van der Waals surface area contributed by atoms with Gasteiger partial charge >= 0.3 is 5.97 Å². The van der Waals surface area contributed by atoms with E-state index in [9.17, 15) is 14.4 Å². The summed E-state index contributed by atoms with van der Waals surface area (Å²) < 4.78 is 10.9. The number of nitrogens with one attached hydrogen (secondary N) is 1. The zero-order valence-corrected chi connectivity index (χ0v) is 15.6. The SMILES string of the molecule is CC(=O)Nc1ccc(C(=O)O[C@@H](C(=O)N2CCOCC2)c2ccccc2)cc1. The standard InChI is InChI=1S/C21H22N2O5/c1-15(24)22-18-9-7-17(8-10-18)21(26)28-19(16-5-3-2-4-6-16)20(25)23-11-13-27-14-12-23/h2-10,19H,11-14H2,1H3,(H,22,24)/t19-/m1/s1. The van der Waals surface area contributed by atoms with Gasteiger partial charge in [0, 0.05) is 31.3 Å². The highest BCUT2D eigenvalue weighted by atomic mass is 16.5. The summed E-state index contributed by atoms with van der Waals surface area (Å²) in [7, 11) is 0. The zero-order chi connectivity index (χ0) is 19.9. The van der Waals surface area contributed by atoms with Gasteiger partial charge in [-0.15, -0.1) is 0 Å². The Morgan fingerprint density at radius 1 is 1.00 bits per heavy atom. The van der Waals surface area contributed by atoms with Gasteiger partial charge in [0.1, 0.15) is 0 Å². The summed E-state index contributed by atoms with van der Waals surface area (Å²) in [6, 6.07) is 15.3. The van der Waals surface area contributed by atoms with Crippen molar-refractivity contribution >= 4 is 23.5 Å². The Morgan fingerprint density at radius 2 is 1.64 bits per heavy atom. The van der Waals surface area contributed by atoms with Crippen LogP contribution in [0.25, 0.3) is 0 Å². The van der Waals surface area contributed by atoms with E-state index in [-0.39, 0.29) is 11.8 Å². The minimum atomic E-state index is -1.03. The summed E-state index contributed by atoms with van der Waals surface area (Å²) in [4.78, 5) is 38.4. The van der Waals surface area contributed by atoms with Crippen molar-refractivity contribution in [2.45, 2.75) is 13.0 Å². The number of ether oxygens (including phenoxy) is 2. The van der Waals surface area contributed by atoms with Gasteiger partial charge in [0.25, 0.3) is 5.91 Å². The third-order valence-corrected chi connectivity index (χ3v) is 4.32. The fourth-order valence-electron chi connectivity index (χ4n) is 2.91. The van der Waals surface area contributed by atoms with Gasteiger partial charge < -0.3 is 19.7 Å². The van der Waals surface area contributed by atoms with Gasteiger partial charge in [0.15, 0.2) is 0 Å². The number of rotatable bonds is 5. The molecule has 7 heteroatoms. The van der Waals surface area contributed by atoms with Crippen molar-refractivity contribution in [2.75, 3.05) is 31.6 Å². The van der Waals surface area contributed by atoms with Crippen LogP contribution in [0.4, 0.5) is 5.69 Å². The molecule has 1 fully saturated rings. The van der Waals surface area contributed by atoms with E-state index in [4.69, 9.17) is 9.47 Å². The first-order valence-electron chi connectivity index (χ1n) is 9.05. The first-order chi connectivity index (χ1) is 13.5. The number of benzene rings is 2. The molecule has 0 aliphatic carbocycles. The Labute approximate surface area is 163 Å². The summed E-state index contributed by atoms with van der Waals surface area (Å²) in [5, 5.41) is 2.64. The molecule has 7 nitrogen and oxygen atoms in total. The quantitative estimate of drug-likeness (QED) is 0.803. The van der Waals surface area contributed by atoms with Crippen LogP contribution >= 0.6 is 0 Å². The number of anilines is 1. The third-order valence-electron chi connectivity index (χ3n) is 4.32. The van der Waals surface area contributed by atoms with Crippen LogP contribution in [0.3, 0.4) is 0 Å². The number of morpholine rings is 1. The zero-order valence-electron chi connectivity index (χ0n) is 15.6. The van der Waals surface area contributed by atoms with E-state index in [1.54, 1.807) is 53.4 Å². The van der Waals surface area contributed by atoms with Crippen LogP contribution in [0, 0.1) is 0 Å². The lowest BCUT2D eigenvalue weighted by Crippen LogP contribution is -2.44. The molecule has 1 aliphatic rings. The smallest absolute Gasteiger partial charge is 0.339 e. The number of hydrogen-bond donors (Lipinski definition) is 1. The molecular formula is C21H22N2O5. The lowest BCUT2D eigenvalue weighted by atomic mass is 10.1. The largest absolute Gasteiger partial charge is 0.444 e. The Morgan fingerprint density at radius 3 is 2.25 bits per heavy atom. The van der Waals surface area contributed by atoms with Crippen molar-refractivity contribution in [3.8, 4) is 0 Å². The Hall–Kier alpha value is -3.19. The number of hydrogen-bond acceptors (Lipinski definition) is 5. The Kier molecular flexibility index (Phi) is 6.39. The predicted octanol–water partition coefficient (Wildman–Crippen LogP) is 2.40. The number of amides is 2. The molecule has 0 spiro atoms. The molecule has 1 heterocycles. The maximum atomic E-state index is 13.0. The maximum absolute atomic E-state index is 13.0. The average Bonchev–Trinajstić information content (AvgIpc) is 2.73. The maximum Gasteiger partial charge on any atom is 0.339 e. The molecule has 1 aliphatic heterocycles. The van der Waals surface area contributed by atoms with Crippen molar-refractivity contribution in [1.82, 2.24) is 4.90 Å². The Balaban J connectivity index is 1.77. The number of carbonyl (C=O) groups is 3. The monoisotopic (exact) mass is 382 g/mol. The van der Waals surface area contributed by atoms with Crippen LogP contribution in [0.2, 0.25) is 0 Å². The third kappa shape index (κ3) is 4.95. The fraction of sp³-hybridized carbons (Fsp3) is 0.286. The molecule has 2 aromatic carbocycles. The van der Waals surface area contributed by atoms with Crippen LogP contribution in [-0.4, -0.2) is 49.0 Å². The normalized spacial score (nSPS) is 14.8. The lowest BCUT2D eigenvalue weighted by molar-refractivity contribution is -0.145. The summed E-state index contributed by atoms with van der Waals surface area (Å²) in [6.45, 7) is 3.26. The van der Waals surface area contributed by atoms with E-state index in [0.29, 0.717) is 43.1 Å². The topological polar surface area (TPSA) is 84.9 Å². The van der Waals surface area contributed by atoms with Gasteiger partial charge in [-0.05, 0) is 24.3 Å². The Bertz CT molecular complexity index is 830. The van der Waals surface area contributed by atoms with Gasteiger partial charge in [-0.25, -0.2) is 4.79 Å². The van der Waals surface area contributed by atoms with Crippen molar-refractivity contribution in [1.29, 1.82) is 0 Å². The van der Waals surface area contributed by atoms with Gasteiger partial charge in [-0.3, -0.25) is 9.59 Å². The molecule has 1 saturated heterocycles. The molecule has 2 aromatic rings. The number of carbonyl (C=O) groups excluding carboxylic acids is 3. The summed E-state index contributed by atoms with van der Waals surface area (Å²) in [5.74, 6) is -1.07. The van der Waals surface area contributed by atoms with Crippen molar-refractivity contribution in [3.05, 3.63) is 65.7 Å². The lowest BCUT2D eigenvalue weighted by Gasteiger charge is -2.30. The van der Waals surface area contributed by atoms with E-state index < -0.39 is 12.1 Å². The molecule has 0 saturated carbocycles. The van der Waals surface area contributed by atoms with E-state index in [2.05, 4.69) is 5.32 Å². The van der Waals surface area contributed by atoms with Crippen molar-refractivity contribution in [2.24, 2.45) is 0 Å². The van der Waals surface area contributed by atoms with Crippen LogP contribution < -0.4 is 5.32 Å². The summed E-state index contributed by atoms with van der Waals surface area (Å²) in [5.41, 5.74) is 1.49. The van der Waals surface area contributed by atoms with Crippen LogP contribution in [-0.2, 0) is 19.1 Å². The molecule has 0 unspecified atom stereocenters. The van der Waals surface area contributed by atoms with E-state index in [1.807, 2.05) is 6.07 Å². The van der Waals surface area contributed by atoms with Crippen LogP contribution in [0.5, 0.6) is 0 Å². The first-order valence-corrected chi connectivity index (χ1v) is 9.05. The van der Waals surface area contributed by atoms with Crippen molar-refractivity contribution < 1.29 is 23.9 Å². The molecule has 2 amide bonds. The molecule has 0 aromatic heterocycles. The van der Waals surface area contributed by atoms with Gasteiger partial charge in [0.05, 0.1) is 18.8 Å². The van der Waals surface area contributed by atoms with E-state index in [1.165, 1.54) is 6.92 Å². The molecular weight excluding hydrogens is 360 g/mol. The van der Waals surface area contributed by atoms with E-state index >= 15 is 0 Å². The molecule has 1 atom stereocenters.